The highest BCUT2D eigenvalue weighted by atomic mass is 32.1. The number of halogens is 3. The summed E-state index contributed by atoms with van der Waals surface area (Å²) >= 11 is 0.408. The van der Waals surface area contributed by atoms with Gasteiger partial charge in [0.25, 0.3) is 0 Å². The number of carboxylic acid groups (broad SMARTS) is 1. The molecule has 1 aromatic rings. The predicted octanol–water partition coefficient (Wildman–Crippen LogP) is 3.15. The minimum absolute atomic E-state index is 0.0282. The van der Waals surface area contributed by atoms with Crippen LogP contribution in [0, 0.1) is 0 Å². The van der Waals surface area contributed by atoms with Gasteiger partial charge in [-0.3, -0.25) is 4.79 Å². The second kappa shape index (κ2) is 5.55. The van der Waals surface area contributed by atoms with Crippen LogP contribution < -0.4 is 5.32 Å². The third kappa shape index (κ3) is 3.59. The molecular formula is C11H14F3N3O2S. The molecule has 1 fully saturated rings. The number of aromatic nitrogens is 2. The molecule has 0 amide bonds. The van der Waals surface area contributed by atoms with Gasteiger partial charge in [0.15, 0.2) is 0 Å². The van der Waals surface area contributed by atoms with Gasteiger partial charge in [-0.25, -0.2) is 0 Å². The van der Waals surface area contributed by atoms with E-state index in [9.17, 15) is 18.0 Å². The number of anilines is 1. The van der Waals surface area contributed by atoms with Crippen molar-refractivity contribution in [3.8, 4) is 0 Å². The largest absolute Gasteiger partial charge is 0.481 e. The molecule has 2 rings (SSSR count). The molecule has 0 spiro atoms. The van der Waals surface area contributed by atoms with E-state index in [0.29, 0.717) is 24.2 Å². The number of hydrogen-bond donors (Lipinski definition) is 2. The Bertz CT molecular complexity index is 484. The molecule has 112 valence electrons. The van der Waals surface area contributed by atoms with Crippen LogP contribution in [0.3, 0.4) is 0 Å². The average molecular weight is 309 g/mol. The second-order valence-electron chi connectivity index (χ2n) is 4.95. The van der Waals surface area contributed by atoms with Gasteiger partial charge >= 0.3 is 12.1 Å². The quantitative estimate of drug-likeness (QED) is 0.893. The molecule has 5 nitrogen and oxygen atoms in total. The Balaban J connectivity index is 2.15. The van der Waals surface area contributed by atoms with Gasteiger partial charge < -0.3 is 10.4 Å². The molecule has 0 radical (unpaired) electrons. The average Bonchev–Trinajstić information content (AvgIpc) is 2.77. The lowest BCUT2D eigenvalue weighted by Crippen LogP contribution is -2.42. The minimum Gasteiger partial charge on any atom is -0.481 e. The second-order valence-corrected chi connectivity index (χ2v) is 5.92. The molecule has 0 aliphatic heterocycles. The summed E-state index contributed by atoms with van der Waals surface area (Å²) in [4.78, 5) is 11.0. The van der Waals surface area contributed by atoms with E-state index in [1.807, 2.05) is 0 Å². The molecule has 0 unspecified atom stereocenters. The van der Waals surface area contributed by atoms with Crippen LogP contribution in [-0.4, -0.2) is 26.8 Å². The topological polar surface area (TPSA) is 75.1 Å². The summed E-state index contributed by atoms with van der Waals surface area (Å²) in [6, 6.07) is 0. The van der Waals surface area contributed by atoms with E-state index in [1.165, 1.54) is 0 Å². The van der Waals surface area contributed by atoms with Crippen LogP contribution in [0.1, 0.15) is 43.5 Å². The van der Waals surface area contributed by atoms with Crippen LogP contribution in [0.15, 0.2) is 0 Å². The molecule has 1 aromatic heterocycles. The van der Waals surface area contributed by atoms with Crippen LogP contribution in [0.5, 0.6) is 0 Å². The maximum atomic E-state index is 12.5. The van der Waals surface area contributed by atoms with Crippen molar-refractivity contribution in [1.29, 1.82) is 0 Å². The molecule has 1 heterocycles. The maximum absolute atomic E-state index is 12.5. The van der Waals surface area contributed by atoms with Crippen LogP contribution in [-0.2, 0) is 11.0 Å². The number of nitrogens with one attached hydrogen (secondary N) is 1. The summed E-state index contributed by atoms with van der Waals surface area (Å²) < 4.78 is 37.4. The highest BCUT2D eigenvalue weighted by molar-refractivity contribution is 7.15. The molecule has 0 bridgehead atoms. The van der Waals surface area contributed by atoms with Gasteiger partial charge in [-0.05, 0) is 12.8 Å². The standard InChI is InChI=1S/C11H14F3N3O2S/c12-11(13,14)8-16-17-9(20-8)15-10(6-7(18)19)4-2-1-3-5-10/h1-6H2,(H,15,17)(H,18,19). The van der Waals surface area contributed by atoms with Gasteiger partial charge in [-0.2, -0.15) is 13.2 Å². The van der Waals surface area contributed by atoms with Gasteiger partial charge in [-0.15, -0.1) is 10.2 Å². The SMILES string of the molecule is O=C(O)CC1(Nc2nnc(C(F)(F)F)s2)CCCCC1. The zero-order valence-electron chi connectivity index (χ0n) is 10.5. The van der Waals surface area contributed by atoms with Crippen LogP contribution in [0.4, 0.5) is 18.3 Å². The van der Waals surface area contributed by atoms with Gasteiger partial charge in [0.1, 0.15) is 0 Å². The van der Waals surface area contributed by atoms with Crippen molar-refractivity contribution < 1.29 is 23.1 Å². The summed E-state index contributed by atoms with van der Waals surface area (Å²) in [5.41, 5.74) is -0.716. The lowest BCUT2D eigenvalue weighted by atomic mass is 9.79. The van der Waals surface area contributed by atoms with Crippen molar-refractivity contribution in [2.24, 2.45) is 0 Å². The number of alkyl halides is 3. The fourth-order valence-electron chi connectivity index (χ4n) is 2.48. The van der Waals surface area contributed by atoms with E-state index in [-0.39, 0.29) is 11.6 Å². The van der Waals surface area contributed by atoms with E-state index in [2.05, 4.69) is 15.5 Å². The van der Waals surface area contributed by atoms with E-state index >= 15 is 0 Å². The predicted molar refractivity (Wildman–Crippen MR) is 66.6 cm³/mol. The monoisotopic (exact) mass is 309 g/mol. The Morgan fingerprint density at radius 3 is 2.45 bits per heavy atom. The first kappa shape index (κ1) is 15.0. The van der Waals surface area contributed by atoms with Crippen LogP contribution in [0.25, 0.3) is 0 Å². The first-order chi connectivity index (χ1) is 9.31. The molecule has 9 heteroatoms. The molecule has 1 aliphatic carbocycles. The summed E-state index contributed by atoms with van der Waals surface area (Å²) in [5, 5.41) is 17.4. The zero-order valence-corrected chi connectivity index (χ0v) is 11.4. The summed E-state index contributed by atoms with van der Waals surface area (Å²) in [6.45, 7) is 0. The van der Waals surface area contributed by atoms with Gasteiger partial charge in [0.2, 0.25) is 10.1 Å². The number of carbonyl (C=O) groups is 1. The van der Waals surface area contributed by atoms with E-state index in [1.54, 1.807) is 0 Å². The molecule has 0 aromatic carbocycles. The minimum atomic E-state index is -4.52. The number of carboxylic acids is 1. The highest BCUT2D eigenvalue weighted by Crippen LogP contribution is 2.38. The first-order valence-electron chi connectivity index (χ1n) is 6.21. The van der Waals surface area contributed by atoms with E-state index in [4.69, 9.17) is 5.11 Å². The highest BCUT2D eigenvalue weighted by Gasteiger charge is 2.38. The summed E-state index contributed by atoms with van der Waals surface area (Å²) in [5.74, 6) is -0.972. The van der Waals surface area contributed by atoms with E-state index < -0.39 is 22.7 Å². The molecular weight excluding hydrogens is 295 g/mol. The Morgan fingerprint density at radius 1 is 1.30 bits per heavy atom. The van der Waals surface area contributed by atoms with Gasteiger partial charge in [0, 0.05) is 0 Å². The number of hydrogen-bond acceptors (Lipinski definition) is 5. The Kier molecular flexibility index (Phi) is 4.17. The van der Waals surface area contributed by atoms with Gasteiger partial charge in [-0.1, -0.05) is 30.6 Å². The molecule has 0 saturated heterocycles. The van der Waals surface area contributed by atoms with Crippen LogP contribution >= 0.6 is 11.3 Å². The number of rotatable bonds is 4. The fourth-order valence-corrected chi connectivity index (χ4v) is 3.21. The van der Waals surface area contributed by atoms with Crippen molar-refractivity contribution in [2.75, 3.05) is 5.32 Å². The van der Waals surface area contributed by atoms with E-state index in [0.717, 1.165) is 19.3 Å². The number of aliphatic carboxylic acids is 1. The smallest absolute Gasteiger partial charge is 0.445 e. The number of nitrogens with zero attached hydrogens (tertiary/aromatic N) is 2. The lowest BCUT2D eigenvalue weighted by molar-refractivity contribution is -0.139. The van der Waals surface area contributed by atoms with Crippen molar-refractivity contribution in [3.05, 3.63) is 5.01 Å². The lowest BCUT2D eigenvalue weighted by Gasteiger charge is -2.36. The molecule has 20 heavy (non-hydrogen) atoms. The van der Waals surface area contributed by atoms with Crippen molar-refractivity contribution in [1.82, 2.24) is 10.2 Å². The van der Waals surface area contributed by atoms with Crippen LogP contribution in [0.2, 0.25) is 0 Å². The van der Waals surface area contributed by atoms with Crippen molar-refractivity contribution in [3.63, 3.8) is 0 Å². The first-order valence-corrected chi connectivity index (χ1v) is 7.03. The third-order valence-corrected chi connectivity index (χ3v) is 4.22. The van der Waals surface area contributed by atoms with Crippen molar-refractivity contribution in [2.45, 2.75) is 50.2 Å². The normalized spacial score (nSPS) is 18.8. The summed E-state index contributed by atoms with van der Waals surface area (Å²) in [6.07, 6.45) is -0.720. The summed E-state index contributed by atoms with van der Waals surface area (Å²) in [7, 11) is 0. The Hall–Kier alpha value is -1.38. The maximum Gasteiger partial charge on any atom is 0.445 e. The zero-order chi connectivity index (χ0) is 14.8. The van der Waals surface area contributed by atoms with Gasteiger partial charge in [0.05, 0.1) is 12.0 Å². The molecule has 0 atom stereocenters. The molecule has 2 N–H and O–H groups in total. The Morgan fingerprint density at radius 2 is 1.95 bits per heavy atom. The van der Waals surface area contributed by atoms with Crippen molar-refractivity contribution >= 4 is 22.4 Å². The fraction of sp³-hybridized carbons (Fsp3) is 0.727. The molecule has 1 aliphatic rings. The third-order valence-electron chi connectivity index (χ3n) is 3.34. The molecule has 1 saturated carbocycles. The Labute approximate surface area is 117 Å².